The van der Waals surface area contributed by atoms with Crippen molar-refractivity contribution in [2.75, 3.05) is 4.90 Å². The molecule has 0 atom stereocenters. The molecule has 0 saturated carbocycles. The SMILES string of the molecule is CC(C)(C)N1C(=O)SCc2ccccc21. The Hall–Kier alpha value is -0.960. The second-order valence-electron chi connectivity index (χ2n) is 4.69. The van der Waals surface area contributed by atoms with Gasteiger partial charge in [-0.3, -0.25) is 9.69 Å². The van der Waals surface area contributed by atoms with Crippen molar-refractivity contribution in [1.29, 1.82) is 0 Å². The highest BCUT2D eigenvalue weighted by molar-refractivity contribution is 8.13. The fourth-order valence-corrected chi connectivity index (χ4v) is 2.81. The zero-order valence-electron chi connectivity index (χ0n) is 9.28. The minimum absolute atomic E-state index is 0.152. The molecule has 0 bridgehead atoms. The number of carbonyl (C=O) groups is 1. The van der Waals surface area contributed by atoms with Gasteiger partial charge in [0, 0.05) is 17.0 Å². The number of nitrogens with zero attached hydrogens (tertiary/aromatic N) is 1. The lowest BCUT2D eigenvalue weighted by Crippen LogP contribution is -2.45. The Kier molecular flexibility index (Phi) is 2.51. The molecule has 0 unspecified atom stereocenters. The van der Waals surface area contributed by atoms with E-state index in [9.17, 15) is 4.79 Å². The van der Waals surface area contributed by atoms with E-state index in [1.54, 1.807) is 0 Å². The van der Waals surface area contributed by atoms with Crippen LogP contribution < -0.4 is 4.90 Å². The van der Waals surface area contributed by atoms with Gasteiger partial charge in [-0.05, 0) is 32.4 Å². The van der Waals surface area contributed by atoms with Gasteiger partial charge >= 0.3 is 0 Å². The lowest BCUT2D eigenvalue weighted by Gasteiger charge is -2.39. The molecular formula is C12H15NOS. The van der Waals surface area contributed by atoms with Crippen LogP contribution >= 0.6 is 11.8 Å². The van der Waals surface area contributed by atoms with Crippen molar-refractivity contribution in [1.82, 2.24) is 0 Å². The van der Waals surface area contributed by atoms with E-state index in [1.807, 2.05) is 23.1 Å². The fourth-order valence-electron chi connectivity index (χ4n) is 1.79. The molecule has 1 aromatic rings. The Morgan fingerprint density at radius 2 is 1.93 bits per heavy atom. The average Bonchev–Trinajstić information content (AvgIpc) is 2.15. The van der Waals surface area contributed by atoms with Gasteiger partial charge in [0.15, 0.2) is 0 Å². The van der Waals surface area contributed by atoms with E-state index in [0.717, 1.165) is 11.4 Å². The number of benzene rings is 1. The molecule has 0 aliphatic carbocycles. The predicted molar refractivity (Wildman–Crippen MR) is 65.4 cm³/mol. The summed E-state index contributed by atoms with van der Waals surface area (Å²) in [6.45, 7) is 6.19. The van der Waals surface area contributed by atoms with Crippen molar-refractivity contribution >= 4 is 22.7 Å². The molecule has 1 aliphatic rings. The number of hydrogen-bond acceptors (Lipinski definition) is 2. The lowest BCUT2D eigenvalue weighted by atomic mass is 10.0. The first-order chi connectivity index (χ1) is 7.00. The molecule has 80 valence electrons. The first-order valence-corrected chi connectivity index (χ1v) is 6.03. The number of fused-ring (bicyclic) bond motifs is 1. The largest absolute Gasteiger partial charge is 0.298 e. The number of amides is 1. The van der Waals surface area contributed by atoms with Crippen LogP contribution in [0, 0.1) is 0 Å². The molecule has 15 heavy (non-hydrogen) atoms. The maximum atomic E-state index is 11.9. The number of para-hydroxylation sites is 1. The quantitative estimate of drug-likeness (QED) is 0.666. The van der Waals surface area contributed by atoms with Gasteiger partial charge in [-0.1, -0.05) is 30.0 Å². The number of hydrogen-bond donors (Lipinski definition) is 0. The minimum Gasteiger partial charge on any atom is -0.298 e. The van der Waals surface area contributed by atoms with E-state index in [0.29, 0.717) is 0 Å². The normalized spacial score (nSPS) is 16.5. The zero-order chi connectivity index (χ0) is 11.1. The Balaban J connectivity index is 2.51. The van der Waals surface area contributed by atoms with E-state index in [1.165, 1.54) is 17.3 Å². The first kappa shape index (κ1) is 10.6. The van der Waals surface area contributed by atoms with Crippen LogP contribution in [0.5, 0.6) is 0 Å². The monoisotopic (exact) mass is 221 g/mol. The van der Waals surface area contributed by atoms with Crippen molar-refractivity contribution in [3.8, 4) is 0 Å². The van der Waals surface area contributed by atoms with Crippen LogP contribution in [0.2, 0.25) is 0 Å². The van der Waals surface area contributed by atoms with Gasteiger partial charge in [0.25, 0.3) is 5.24 Å². The van der Waals surface area contributed by atoms with Crippen LogP contribution in [-0.2, 0) is 5.75 Å². The summed E-state index contributed by atoms with van der Waals surface area (Å²) in [4.78, 5) is 13.8. The fraction of sp³-hybridized carbons (Fsp3) is 0.417. The molecule has 1 amide bonds. The maximum absolute atomic E-state index is 11.9. The molecule has 0 fully saturated rings. The van der Waals surface area contributed by atoms with Gasteiger partial charge in [-0.25, -0.2) is 0 Å². The predicted octanol–water partition coefficient (Wildman–Crippen LogP) is 3.66. The minimum atomic E-state index is -0.152. The van der Waals surface area contributed by atoms with Gasteiger partial charge in [0.1, 0.15) is 0 Å². The van der Waals surface area contributed by atoms with Gasteiger partial charge in [0.05, 0.1) is 0 Å². The number of carbonyl (C=O) groups excluding carboxylic acids is 1. The van der Waals surface area contributed by atoms with E-state index in [2.05, 4.69) is 26.8 Å². The number of thioether (sulfide) groups is 1. The molecule has 3 heteroatoms. The summed E-state index contributed by atoms with van der Waals surface area (Å²) < 4.78 is 0. The van der Waals surface area contributed by atoms with Crippen LogP contribution in [0.25, 0.3) is 0 Å². The molecule has 0 spiro atoms. The summed E-state index contributed by atoms with van der Waals surface area (Å²) in [5.41, 5.74) is 2.16. The molecule has 0 saturated heterocycles. The Morgan fingerprint density at radius 1 is 1.27 bits per heavy atom. The molecule has 2 nitrogen and oxygen atoms in total. The highest BCUT2D eigenvalue weighted by Crippen LogP contribution is 2.37. The van der Waals surface area contributed by atoms with Crippen molar-refractivity contribution in [3.63, 3.8) is 0 Å². The van der Waals surface area contributed by atoms with E-state index in [4.69, 9.17) is 0 Å². The second-order valence-corrected chi connectivity index (χ2v) is 5.62. The standard InChI is InChI=1S/C12H15NOS/c1-12(2,3)13-10-7-5-4-6-9(10)8-15-11(13)14/h4-7H,8H2,1-3H3. The van der Waals surface area contributed by atoms with Gasteiger partial charge in [-0.15, -0.1) is 0 Å². The smallest absolute Gasteiger partial charge is 0.286 e. The molecular weight excluding hydrogens is 206 g/mol. The van der Waals surface area contributed by atoms with E-state index in [-0.39, 0.29) is 10.8 Å². The summed E-state index contributed by atoms with van der Waals surface area (Å²) in [5, 5.41) is 0.154. The highest BCUT2D eigenvalue weighted by atomic mass is 32.2. The molecule has 1 heterocycles. The summed E-state index contributed by atoms with van der Waals surface area (Å²) in [6, 6.07) is 8.13. The maximum Gasteiger partial charge on any atom is 0.286 e. The van der Waals surface area contributed by atoms with Gasteiger partial charge in [0.2, 0.25) is 0 Å². The van der Waals surface area contributed by atoms with E-state index < -0.39 is 0 Å². The highest BCUT2D eigenvalue weighted by Gasteiger charge is 2.32. The third-order valence-electron chi connectivity index (χ3n) is 2.44. The molecule has 1 aliphatic heterocycles. The van der Waals surface area contributed by atoms with Crippen LogP contribution in [0.4, 0.5) is 10.5 Å². The summed E-state index contributed by atoms with van der Waals surface area (Å²) >= 11 is 1.38. The average molecular weight is 221 g/mol. The molecule has 2 rings (SSSR count). The molecule has 1 aromatic carbocycles. The van der Waals surface area contributed by atoms with Crippen LogP contribution in [0.3, 0.4) is 0 Å². The van der Waals surface area contributed by atoms with Gasteiger partial charge < -0.3 is 0 Å². The van der Waals surface area contributed by atoms with Gasteiger partial charge in [-0.2, -0.15) is 0 Å². The molecule has 0 N–H and O–H groups in total. The Bertz CT molecular complexity index is 395. The summed E-state index contributed by atoms with van der Waals surface area (Å²) in [6.07, 6.45) is 0. The molecule has 0 radical (unpaired) electrons. The number of rotatable bonds is 0. The Labute approximate surface area is 94.7 Å². The first-order valence-electron chi connectivity index (χ1n) is 5.05. The summed E-state index contributed by atoms with van der Waals surface area (Å²) in [5.74, 6) is 0.793. The topological polar surface area (TPSA) is 20.3 Å². The van der Waals surface area contributed by atoms with E-state index >= 15 is 0 Å². The lowest BCUT2D eigenvalue weighted by molar-refractivity contribution is 0.260. The Morgan fingerprint density at radius 3 is 2.60 bits per heavy atom. The third kappa shape index (κ3) is 1.88. The molecule has 0 aromatic heterocycles. The van der Waals surface area contributed by atoms with Crippen molar-refractivity contribution in [2.45, 2.75) is 32.1 Å². The third-order valence-corrected chi connectivity index (χ3v) is 3.32. The van der Waals surface area contributed by atoms with Crippen molar-refractivity contribution in [3.05, 3.63) is 29.8 Å². The second kappa shape index (κ2) is 3.56. The van der Waals surface area contributed by atoms with Crippen LogP contribution in [0.15, 0.2) is 24.3 Å². The van der Waals surface area contributed by atoms with Crippen LogP contribution in [-0.4, -0.2) is 10.8 Å². The van der Waals surface area contributed by atoms with Crippen molar-refractivity contribution in [2.24, 2.45) is 0 Å². The van der Waals surface area contributed by atoms with Crippen LogP contribution in [0.1, 0.15) is 26.3 Å². The van der Waals surface area contributed by atoms with Crippen molar-refractivity contribution < 1.29 is 4.79 Å². The summed E-state index contributed by atoms with van der Waals surface area (Å²) in [7, 11) is 0. The number of anilines is 1. The zero-order valence-corrected chi connectivity index (χ0v) is 10.1.